The van der Waals surface area contributed by atoms with Crippen LogP contribution in [0.25, 0.3) is 0 Å². The molecule has 1 atom stereocenters. The van der Waals surface area contributed by atoms with Gasteiger partial charge in [0.15, 0.2) is 0 Å². The van der Waals surface area contributed by atoms with E-state index in [1.165, 1.54) is 6.07 Å². The van der Waals surface area contributed by atoms with Gasteiger partial charge in [-0.3, -0.25) is 14.9 Å². The molecule has 0 spiro atoms. The van der Waals surface area contributed by atoms with Gasteiger partial charge in [0.2, 0.25) is 0 Å². The minimum atomic E-state index is -0.450. The predicted molar refractivity (Wildman–Crippen MR) is 65.4 cm³/mol. The minimum Gasteiger partial charge on any atom is -0.378 e. The van der Waals surface area contributed by atoms with Crippen molar-refractivity contribution < 1.29 is 14.5 Å². The molecular weight excluding hydrogens is 234 g/mol. The van der Waals surface area contributed by atoms with Crippen molar-refractivity contribution in [2.75, 3.05) is 6.61 Å². The molecule has 1 saturated heterocycles. The monoisotopic (exact) mass is 249 g/mol. The summed E-state index contributed by atoms with van der Waals surface area (Å²) >= 11 is 0. The third kappa shape index (κ3) is 3.13. The molecule has 5 nitrogen and oxygen atoms in total. The molecule has 1 unspecified atom stereocenters. The lowest BCUT2D eigenvalue weighted by Crippen LogP contribution is -2.14. The fraction of sp³-hybridized carbons (Fsp3) is 0.462. The largest absolute Gasteiger partial charge is 0.378 e. The lowest BCUT2D eigenvalue weighted by atomic mass is 10.0. The Morgan fingerprint density at radius 1 is 1.44 bits per heavy atom. The lowest BCUT2D eigenvalue weighted by Gasteiger charge is -2.08. The van der Waals surface area contributed by atoms with E-state index in [0.29, 0.717) is 18.6 Å². The van der Waals surface area contributed by atoms with Gasteiger partial charge in [-0.05, 0) is 12.8 Å². The van der Waals surface area contributed by atoms with Crippen molar-refractivity contribution in [1.29, 1.82) is 0 Å². The van der Waals surface area contributed by atoms with Crippen molar-refractivity contribution >= 4 is 11.5 Å². The van der Waals surface area contributed by atoms with E-state index in [9.17, 15) is 14.9 Å². The molecule has 0 N–H and O–H groups in total. The Kier molecular flexibility index (Phi) is 4.04. The number of hydrogen-bond donors (Lipinski definition) is 0. The first-order chi connectivity index (χ1) is 8.66. The third-order valence-electron chi connectivity index (χ3n) is 3.06. The average Bonchev–Trinajstić information content (AvgIpc) is 2.82. The van der Waals surface area contributed by atoms with Crippen molar-refractivity contribution in [2.45, 2.75) is 31.8 Å². The molecule has 2 rings (SSSR count). The Hall–Kier alpha value is -1.75. The summed E-state index contributed by atoms with van der Waals surface area (Å²) in [5.41, 5.74) is 0.490. The third-order valence-corrected chi connectivity index (χ3v) is 3.06. The van der Waals surface area contributed by atoms with Gasteiger partial charge < -0.3 is 4.74 Å². The molecule has 0 bridgehead atoms. The van der Waals surface area contributed by atoms with Crippen LogP contribution in [-0.2, 0) is 16.0 Å². The second-order valence-corrected chi connectivity index (χ2v) is 4.44. The smallest absolute Gasteiger partial charge is 0.273 e. The summed E-state index contributed by atoms with van der Waals surface area (Å²) in [4.78, 5) is 22.2. The number of benzene rings is 1. The van der Waals surface area contributed by atoms with Crippen molar-refractivity contribution in [1.82, 2.24) is 0 Å². The average molecular weight is 249 g/mol. The number of ketones is 1. The molecule has 1 heterocycles. The standard InChI is InChI=1S/C13H15NO4/c15-11(9-12-5-3-7-18-12)8-10-4-1-2-6-13(10)14(16)17/h1-2,4,6,12H,3,5,7-9H2. The van der Waals surface area contributed by atoms with Gasteiger partial charge in [-0.15, -0.1) is 0 Å². The fourth-order valence-corrected chi connectivity index (χ4v) is 2.18. The van der Waals surface area contributed by atoms with Crippen LogP contribution in [0.5, 0.6) is 0 Å². The number of nitrogens with zero attached hydrogens (tertiary/aromatic N) is 1. The van der Waals surface area contributed by atoms with E-state index >= 15 is 0 Å². The highest BCUT2D eigenvalue weighted by molar-refractivity contribution is 5.82. The molecule has 18 heavy (non-hydrogen) atoms. The van der Waals surface area contributed by atoms with Gasteiger partial charge in [0.25, 0.3) is 5.69 Å². The van der Waals surface area contributed by atoms with Crippen LogP contribution in [0.2, 0.25) is 0 Å². The Morgan fingerprint density at radius 3 is 2.89 bits per heavy atom. The van der Waals surface area contributed by atoms with E-state index in [4.69, 9.17) is 4.74 Å². The molecule has 0 radical (unpaired) electrons. The zero-order valence-electron chi connectivity index (χ0n) is 10.0. The quantitative estimate of drug-likeness (QED) is 0.593. The number of carbonyl (C=O) groups excluding carboxylic acids is 1. The Labute approximate surface area is 105 Å². The van der Waals surface area contributed by atoms with Gasteiger partial charge in [0.05, 0.1) is 11.0 Å². The minimum absolute atomic E-state index is 0.000248. The van der Waals surface area contributed by atoms with Crippen LogP contribution in [-0.4, -0.2) is 23.4 Å². The van der Waals surface area contributed by atoms with Crippen LogP contribution in [0.3, 0.4) is 0 Å². The molecule has 0 aromatic heterocycles. The predicted octanol–water partition coefficient (Wildman–Crippen LogP) is 2.28. The van der Waals surface area contributed by atoms with Crippen molar-refractivity contribution in [3.63, 3.8) is 0 Å². The van der Waals surface area contributed by atoms with Gasteiger partial charge in [-0.25, -0.2) is 0 Å². The first kappa shape index (κ1) is 12.7. The molecule has 0 aliphatic carbocycles. The number of para-hydroxylation sites is 1. The van der Waals surface area contributed by atoms with E-state index in [2.05, 4.69) is 0 Å². The van der Waals surface area contributed by atoms with Gasteiger partial charge in [0, 0.05) is 31.1 Å². The molecule has 0 saturated carbocycles. The van der Waals surface area contributed by atoms with Crippen molar-refractivity contribution in [3.8, 4) is 0 Å². The van der Waals surface area contributed by atoms with Crippen molar-refractivity contribution in [3.05, 3.63) is 39.9 Å². The van der Waals surface area contributed by atoms with E-state index in [1.807, 2.05) is 0 Å². The number of hydrogen-bond acceptors (Lipinski definition) is 4. The molecule has 1 aliphatic rings. The zero-order valence-corrected chi connectivity index (χ0v) is 10.0. The van der Waals surface area contributed by atoms with Crippen LogP contribution >= 0.6 is 0 Å². The summed E-state index contributed by atoms with van der Waals surface area (Å²) in [5, 5.41) is 10.8. The highest BCUT2D eigenvalue weighted by Crippen LogP contribution is 2.21. The SMILES string of the molecule is O=C(Cc1ccccc1[N+](=O)[O-])CC1CCCO1. The van der Waals surface area contributed by atoms with Gasteiger partial charge in [-0.1, -0.05) is 18.2 Å². The summed E-state index contributed by atoms with van der Waals surface area (Å²) in [6, 6.07) is 6.37. The van der Waals surface area contributed by atoms with E-state index in [-0.39, 0.29) is 24.0 Å². The number of nitro benzene ring substituents is 1. The molecule has 0 amide bonds. The van der Waals surface area contributed by atoms with Gasteiger partial charge >= 0.3 is 0 Å². The topological polar surface area (TPSA) is 69.4 Å². The fourth-order valence-electron chi connectivity index (χ4n) is 2.18. The molecule has 1 aromatic rings. The van der Waals surface area contributed by atoms with Gasteiger partial charge in [0.1, 0.15) is 5.78 Å². The molecule has 1 aliphatic heterocycles. The zero-order chi connectivity index (χ0) is 13.0. The Bertz CT molecular complexity index is 452. The molecular formula is C13H15NO4. The summed E-state index contributed by atoms with van der Waals surface area (Å²) < 4.78 is 5.38. The maximum atomic E-state index is 11.8. The van der Waals surface area contributed by atoms with Gasteiger partial charge in [-0.2, -0.15) is 0 Å². The Balaban J connectivity index is 2.00. The molecule has 1 fully saturated rings. The first-order valence-electron chi connectivity index (χ1n) is 6.02. The highest BCUT2D eigenvalue weighted by atomic mass is 16.6. The van der Waals surface area contributed by atoms with Crippen LogP contribution < -0.4 is 0 Å². The van der Waals surface area contributed by atoms with Crippen molar-refractivity contribution in [2.24, 2.45) is 0 Å². The molecule has 5 heteroatoms. The number of rotatable bonds is 5. The second kappa shape index (κ2) is 5.73. The molecule has 1 aromatic carbocycles. The Morgan fingerprint density at radius 2 is 2.22 bits per heavy atom. The van der Waals surface area contributed by atoms with E-state index < -0.39 is 4.92 Å². The van der Waals surface area contributed by atoms with Crippen LogP contribution in [0.15, 0.2) is 24.3 Å². The summed E-state index contributed by atoms with van der Waals surface area (Å²) in [6.45, 7) is 0.712. The maximum absolute atomic E-state index is 11.8. The first-order valence-corrected chi connectivity index (χ1v) is 6.02. The number of carbonyl (C=O) groups is 1. The summed E-state index contributed by atoms with van der Waals surface area (Å²) in [7, 11) is 0. The van der Waals surface area contributed by atoms with Crippen LogP contribution in [0, 0.1) is 10.1 Å². The van der Waals surface area contributed by atoms with E-state index in [1.54, 1.807) is 18.2 Å². The number of Topliss-reactive ketones (excluding diaryl/α,β-unsaturated/α-hetero) is 1. The summed E-state index contributed by atoms with van der Waals surface area (Å²) in [5.74, 6) is -0.00352. The summed E-state index contributed by atoms with van der Waals surface area (Å²) in [6.07, 6.45) is 2.36. The number of nitro groups is 1. The number of ether oxygens (including phenoxy) is 1. The second-order valence-electron chi connectivity index (χ2n) is 4.44. The maximum Gasteiger partial charge on any atom is 0.273 e. The normalized spacial score (nSPS) is 18.8. The van der Waals surface area contributed by atoms with E-state index in [0.717, 1.165) is 12.8 Å². The lowest BCUT2D eigenvalue weighted by molar-refractivity contribution is -0.385. The van der Waals surface area contributed by atoms with Crippen LogP contribution in [0.4, 0.5) is 5.69 Å². The van der Waals surface area contributed by atoms with Crippen LogP contribution in [0.1, 0.15) is 24.8 Å². The molecule has 96 valence electrons. The highest BCUT2D eigenvalue weighted by Gasteiger charge is 2.21.